The van der Waals surface area contributed by atoms with Gasteiger partial charge in [-0.25, -0.2) is 4.98 Å². The van der Waals surface area contributed by atoms with Crippen LogP contribution in [0.1, 0.15) is 5.56 Å². The maximum absolute atomic E-state index is 10.5. The Hall–Kier alpha value is -1.55. The van der Waals surface area contributed by atoms with Crippen molar-refractivity contribution in [3.8, 4) is 0 Å². The number of carboxylic acids is 1. The molecular formula is C9H6ClNO3. The molecule has 0 aliphatic carbocycles. The van der Waals surface area contributed by atoms with Gasteiger partial charge in [0.25, 0.3) is 0 Å². The van der Waals surface area contributed by atoms with E-state index < -0.39 is 5.97 Å². The van der Waals surface area contributed by atoms with Gasteiger partial charge in [-0.1, -0.05) is 11.6 Å². The first kappa shape index (κ1) is 9.02. The lowest BCUT2D eigenvalue weighted by Crippen LogP contribution is -1.99. The van der Waals surface area contributed by atoms with E-state index in [1.807, 2.05) is 0 Å². The summed E-state index contributed by atoms with van der Waals surface area (Å²) in [5.74, 6) is -0.922. The van der Waals surface area contributed by atoms with Gasteiger partial charge in [0, 0.05) is 5.56 Å². The summed E-state index contributed by atoms with van der Waals surface area (Å²) in [6, 6.07) is 3.26. The van der Waals surface area contributed by atoms with Crippen molar-refractivity contribution in [2.24, 2.45) is 0 Å². The molecule has 2 rings (SSSR count). The summed E-state index contributed by atoms with van der Waals surface area (Å²) in [6.07, 6.45) is 1.28. The topological polar surface area (TPSA) is 63.3 Å². The Bertz CT molecular complexity index is 492. The second kappa shape index (κ2) is 3.31. The fourth-order valence-corrected chi connectivity index (χ4v) is 1.37. The van der Waals surface area contributed by atoms with Crippen molar-refractivity contribution in [3.05, 3.63) is 29.1 Å². The van der Waals surface area contributed by atoms with Gasteiger partial charge < -0.3 is 9.52 Å². The van der Waals surface area contributed by atoms with E-state index >= 15 is 0 Å². The molecule has 0 aliphatic rings. The summed E-state index contributed by atoms with van der Waals surface area (Å²) >= 11 is 5.68. The lowest BCUT2D eigenvalue weighted by Gasteiger charge is -1.92. The van der Waals surface area contributed by atoms with Crippen molar-refractivity contribution in [1.29, 1.82) is 0 Å². The van der Waals surface area contributed by atoms with Crippen molar-refractivity contribution in [2.45, 2.75) is 6.42 Å². The molecule has 0 aromatic carbocycles. The Labute approximate surface area is 84.1 Å². The number of nitrogens with zero attached hydrogens (tertiary/aromatic N) is 1. The number of carboxylic acid groups (broad SMARTS) is 1. The molecule has 0 atom stereocenters. The van der Waals surface area contributed by atoms with Crippen LogP contribution in [0.15, 0.2) is 22.8 Å². The minimum atomic E-state index is -0.922. The van der Waals surface area contributed by atoms with E-state index in [0.717, 1.165) is 0 Å². The molecule has 0 saturated heterocycles. The second-order valence-corrected chi connectivity index (χ2v) is 3.20. The van der Waals surface area contributed by atoms with Gasteiger partial charge in [-0.2, -0.15) is 0 Å². The van der Waals surface area contributed by atoms with E-state index in [2.05, 4.69) is 4.98 Å². The number of rotatable bonds is 2. The van der Waals surface area contributed by atoms with Crippen molar-refractivity contribution in [3.63, 3.8) is 0 Å². The predicted molar refractivity (Wildman–Crippen MR) is 50.4 cm³/mol. The first-order chi connectivity index (χ1) is 6.66. The number of fused-ring (bicyclic) bond motifs is 1. The Morgan fingerprint density at radius 1 is 1.57 bits per heavy atom. The van der Waals surface area contributed by atoms with Crippen LogP contribution in [0, 0.1) is 0 Å². The van der Waals surface area contributed by atoms with Crippen LogP contribution in [0.4, 0.5) is 0 Å². The number of furan rings is 1. The lowest BCUT2D eigenvalue weighted by molar-refractivity contribution is -0.136. The molecule has 0 bridgehead atoms. The molecule has 2 aromatic heterocycles. The van der Waals surface area contributed by atoms with Crippen LogP contribution in [0.5, 0.6) is 0 Å². The highest BCUT2D eigenvalue weighted by molar-refractivity contribution is 6.29. The Kier molecular flexibility index (Phi) is 2.13. The molecule has 0 radical (unpaired) electrons. The minimum Gasteiger partial charge on any atom is -0.481 e. The van der Waals surface area contributed by atoms with Crippen LogP contribution in [-0.4, -0.2) is 16.1 Å². The number of halogens is 1. The average Bonchev–Trinajstić information content (AvgIpc) is 2.47. The Balaban J connectivity index is 2.55. The zero-order valence-electron chi connectivity index (χ0n) is 7.03. The number of pyridine rings is 1. The van der Waals surface area contributed by atoms with Crippen LogP contribution in [0.25, 0.3) is 11.1 Å². The summed E-state index contributed by atoms with van der Waals surface area (Å²) in [5, 5.41) is 8.94. The highest BCUT2D eigenvalue weighted by atomic mass is 35.5. The van der Waals surface area contributed by atoms with Crippen molar-refractivity contribution >= 4 is 28.7 Å². The summed E-state index contributed by atoms with van der Waals surface area (Å²) in [7, 11) is 0. The molecule has 2 aromatic rings. The highest BCUT2D eigenvalue weighted by Gasteiger charge is 2.10. The molecule has 2 heterocycles. The summed E-state index contributed by atoms with van der Waals surface area (Å²) in [5.41, 5.74) is 1.60. The molecule has 4 nitrogen and oxygen atoms in total. The van der Waals surface area contributed by atoms with Crippen LogP contribution < -0.4 is 0 Å². The normalized spacial score (nSPS) is 10.6. The van der Waals surface area contributed by atoms with Gasteiger partial charge in [0.1, 0.15) is 10.7 Å². The van der Waals surface area contributed by atoms with E-state index in [1.165, 1.54) is 6.26 Å². The van der Waals surface area contributed by atoms with Crippen molar-refractivity contribution < 1.29 is 14.3 Å². The third-order valence-corrected chi connectivity index (χ3v) is 2.01. The van der Waals surface area contributed by atoms with Crippen LogP contribution in [0.2, 0.25) is 5.15 Å². The van der Waals surface area contributed by atoms with Crippen molar-refractivity contribution in [2.75, 3.05) is 0 Å². The first-order valence-electron chi connectivity index (χ1n) is 3.91. The predicted octanol–water partition coefficient (Wildman–Crippen LogP) is 2.11. The Morgan fingerprint density at radius 2 is 2.36 bits per heavy atom. The number of hydrogen-bond donors (Lipinski definition) is 1. The van der Waals surface area contributed by atoms with E-state index in [-0.39, 0.29) is 6.42 Å². The molecular weight excluding hydrogens is 206 g/mol. The zero-order chi connectivity index (χ0) is 10.1. The fraction of sp³-hybridized carbons (Fsp3) is 0.111. The van der Waals surface area contributed by atoms with Crippen LogP contribution in [0.3, 0.4) is 0 Å². The SMILES string of the molecule is O=C(O)Cc1coc2ccc(Cl)nc12. The third-order valence-electron chi connectivity index (χ3n) is 1.80. The van der Waals surface area contributed by atoms with E-state index in [9.17, 15) is 4.79 Å². The van der Waals surface area contributed by atoms with Gasteiger partial charge in [-0.05, 0) is 12.1 Å². The van der Waals surface area contributed by atoms with E-state index in [0.29, 0.717) is 21.8 Å². The molecule has 0 fully saturated rings. The van der Waals surface area contributed by atoms with E-state index in [4.69, 9.17) is 21.1 Å². The highest BCUT2D eigenvalue weighted by Crippen LogP contribution is 2.21. The number of carbonyl (C=O) groups is 1. The van der Waals surface area contributed by atoms with E-state index in [1.54, 1.807) is 12.1 Å². The van der Waals surface area contributed by atoms with Crippen LogP contribution >= 0.6 is 11.6 Å². The monoisotopic (exact) mass is 211 g/mol. The molecule has 0 saturated carbocycles. The third kappa shape index (κ3) is 1.56. The average molecular weight is 212 g/mol. The first-order valence-corrected chi connectivity index (χ1v) is 4.29. The van der Waals surface area contributed by atoms with Crippen LogP contribution in [-0.2, 0) is 11.2 Å². The summed E-state index contributed by atoms with van der Waals surface area (Å²) in [4.78, 5) is 14.5. The van der Waals surface area contributed by atoms with Gasteiger partial charge >= 0.3 is 5.97 Å². The maximum atomic E-state index is 10.5. The smallest absolute Gasteiger partial charge is 0.308 e. The number of aliphatic carboxylic acids is 1. The molecule has 0 spiro atoms. The standard InChI is InChI=1S/C9H6ClNO3/c10-7-2-1-6-9(11-7)5(4-14-6)3-8(12)13/h1-2,4H,3H2,(H,12,13). The minimum absolute atomic E-state index is 0.111. The largest absolute Gasteiger partial charge is 0.481 e. The quantitative estimate of drug-likeness (QED) is 0.773. The Morgan fingerprint density at radius 3 is 3.07 bits per heavy atom. The molecule has 72 valence electrons. The molecule has 14 heavy (non-hydrogen) atoms. The molecule has 1 N–H and O–H groups in total. The van der Waals surface area contributed by atoms with Crippen molar-refractivity contribution in [1.82, 2.24) is 4.98 Å². The lowest BCUT2D eigenvalue weighted by atomic mass is 10.2. The molecule has 0 unspecified atom stereocenters. The molecule has 5 heteroatoms. The zero-order valence-corrected chi connectivity index (χ0v) is 7.78. The maximum Gasteiger partial charge on any atom is 0.308 e. The number of hydrogen-bond acceptors (Lipinski definition) is 3. The molecule has 0 aliphatic heterocycles. The van der Waals surface area contributed by atoms with Gasteiger partial charge in [0.2, 0.25) is 0 Å². The fourth-order valence-electron chi connectivity index (χ4n) is 1.23. The summed E-state index contributed by atoms with van der Waals surface area (Å²) < 4.78 is 5.12. The van der Waals surface area contributed by atoms with Gasteiger partial charge in [0.05, 0.1) is 12.7 Å². The van der Waals surface area contributed by atoms with Gasteiger partial charge in [-0.15, -0.1) is 0 Å². The second-order valence-electron chi connectivity index (χ2n) is 2.81. The number of aromatic nitrogens is 1. The van der Waals surface area contributed by atoms with Gasteiger partial charge in [-0.3, -0.25) is 4.79 Å². The molecule has 0 amide bonds. The van der Waals surface area contributed by atoms with Gasteiger partial charge in [0.15, 0.2) is 5.58 Å². The summed E-state index contributed by atoms with van der Waals surface area (Å²) in [6.45, 7) is 0.